The number of hydrogen-bond donors (Lipinski definition) is 0. The van der Waals surface area contributed by atoms with Crippen LogP contribution in [0.5, 0.6) is 0 Å². The van der Waals surface area contributed by atoms with Crippen LogP contribution in [-0.2, 0) is 0 Å². The van der Waals surface area contributed by atoms with Crippen LogP contribution in [0.15, 0.2) is 60.2 Å². The highest BCUT2D eigenvalue weighted by molar-refractivity contribution is 5.67. The Labute approximate surface area is 147 Å². The molecule has 24 heavy (non-hydrogen) atoms. The Kier molecular flexibility index (Phi) is 8.57. The van der Waals surface area contributed by atoms with Crippen molar-refractivity contribution in [2.24, 2.45) is 0 Å². The first kappa shape index (κ1) is 19.7. The topological polar surface area (TPSA) is 0 Å². The van der Waals surface area contributed by atoms with Gasteiger partial charge >= 0.3 is 0 Å². The van der Waals surface area contributed by atoms with Crippen molar-refractivity contribution >= 4 is 24.3 Å². The van der Waals surface area contributed by atoms with E-state index in [2.05, 4.69) is 88.1 Å². The third kappa shape index (κ3) is 5.38. The number of hydrogen-bond acceptors (Lipinski definition) is 0. The molecule has 2 rings (SSSR count). The second kappa shape index (κ2) is 10.4. The van der Waals surface area contributed by atoms with Crippen molar-refractivity contribution < 1.29 is 0 Å². The van der Waals surface area contributed by atoms with Gasteiger partial charge in [0, 0.05) is 0 Å². The number of benzene rings is 1. The summed E-state index contributed by atoms with van der Waals surface area (Å²) in [5.41, 5.74) is 4.97. The molecule has 0 heterocycles. The van der Waals surface area contributed by atoms with Crippen LogP contribution in [0.4, 0.5) is 0 Å². The molecule has 0 N–H and O–H groups in total. The van der Waals surface area contributed by atoms with Crippen LogP contribution in [0.1, 0.15) is 52.2 Å². The smallest absolute Gasteiger partial charge is 0.0178 e. The van der Waals surface area contributed by atoms with E-state index in [1.807, 2.05) is 19.9 Å². The quantitative estimate of drug-likeness (QED) is 0.615. The minimum atomic E-state index is 1.05. The predicted molar refractivity (Wildman–Crippen MR) is 112 cm³/mol. The molecule has 0 fully saturated rings. The molecule has 0 saturated carbocycles. The van der Waals surface area contributed by atoms with E-state index >= 15 is 0 Å². The van der Waals surface area contributed by atoms with E-state index in [1.165, 1.54) is 32.7 Å². The van der Waals surface area contributed by atoms with Crippen LogP contribution in [0.3, 0.4) is 0 Å². The Balaban J connectivity index is 0.00000139. The number of rotatable bonds is 4. The summed E-state index contributed by atoms with van der Waals surface area (Å²) in [4.78, 5) is 0. The third-order valence-corrected chi connectivity index (χ3v) is 3.96. The average molecular weight is 319 g/mol. The Hall–Kier alpha value is -2.34. The summed E-state index contributed by atoms with van der Waals surface area (Å²) in [6, 6.07) is 4.45. The summed E-state index contributed by atoms with van der Waals surface area (Å²) in [6.07, 6.45) is 20.3. The molecule has 1 aliphatic carbocycles. The lowest BCUT2D eigenvalue weighted by molar-refractivity contribution is 1.15. The van der Waals surface area contributed by atoms with Gasteiger partial charge in [-0.1, -0.05) is 87.6 Å². The SMILES string of the molecule is C=Cc1cc2/c(cc1/C=C\C(C)=C/C)=C\C=C/C(CC)=C\C=2.CC. The highest BCUT2D eigenvalue weighted by Gasteiger charge is 1.98. The summed E-state index contributed by atoms with van der Waals surface area (Å²) < 4.78 is 0. The first-order valence-corrected chi connectivity index (χ1v) is 8.84. The molecule has 0 atom stereocenters. The highest BCUT2D eigenvalue weighted by atomic mass is 14.0. The normalized spacial score (nSPS) is 19.9. The molecule has 1 aromatic carbocycles. The molecule has 126 valence electrons. The molecular formula is C24H30. The van der Waals surface area contributed by atoms with E-state index in [1.54, 1.807) is 0 Å². The van der Waals surface area contributed by atoms with E-state index in [0.29, 0.717) is 0 Å². The minimum Gasteiger partial charge on any atom is -0.0984 e. The van der Waals surface area contributed by atoms with Gasteiger partial charge in [0.2, 0.25) is 0 Å². The Bertz CT molecular complexity index is 793. The zero-order chi connectivity index (χ0) is 17.9. The number of fused-ring (bicyclic) bond motifs is 1. The van der Waals surface area contributed by atoms with Crippen molar-refractivity contribution in [3.63, 3.8) is 0 Å². The molecule has 0 spiro atoms. The first-order valence-electron chi connectivity index (χ1n) is 8.84. The zero-order valence-electron chi connectivity index (χ0n) is 15.8. The van der Waals surface area contributed by atoms with Crippen molar-refractivity contribution in [1.29, 1.82) is 0 Å². The van der Waals surface area contributed by atoms with Crippen LogP contribution >= 0.6 is 0 Å². The maximum Gasteiger partial charge on any atom is -0.0178 e. The van der Waals surface area contributed by atoms with Gasteiger partial charge in [-0.25, -0.2) is 0 Å². The van der Waals surface area contributed by atoms with Crippen molar-refractivity contribution in [3.05, 3.63) is 81.8 Å². The average Bonchev–Trinajstić information content (AvgIpc) is 2.62. The molecule has 0 bridgehead atoms. The molecule has 0 unspecified atom stereocenters. The fourth-order valence-corrected chi connectivity index (χ4v) is 2.36. The summed E-state index contributed by atoms with van der Waals surface area (Å²) in [5, 5.41) is 2.48. The monoisotopic (exact) mass is 318 g/mol. The standard InChI is InChI=1S/C22H24.C2H6/c1-5-17(4)11-13-21-16-20-10-8-9-18(6-2)12-14-22(20)15-19(21)7-3;1-2/h5,7-16H,3,6H2,1-2,4H3;1-2H3/b9-8-,10-8?,13-11-,14-12?,17-5-,18-9?,18-12-,20-10-,22-14-;. The summed E-state index contributed by atoms with van der Waals surface area (Å²) in [5.74, 6) is 0. The van der Waals surface area contributed by atoms with Gasteiger partial charge in [-0.2, -0.15) is 0 Å². The summed E-state index contributed by atoms with van der Waals surface area (Å²) >= 11 is 0. The van der Waals surface area contributed by atoms with Gasteiger partial charge in [0.05, 0.1) is 0 Å². The zero-order valence-corrected chi connectivity index (χ0v) is 15.8. The van der Waals surface area contributed by atoms with Gasteiger partial charge in [-0.15, -0.1) is 0 Å². The van der Waals surface area contributed by atoms with Crippen molar-refractivity contribution in [3.8, 4) is 0 Å². The van der Waals surface area contributed by atoms with Gasteiger partial charge in [0.1, 0.15) is 0 Å². The highest BCUT2D eigenvalue weighted by Crippen LogP contribution is 2.11. The van der Waals surface area contributed by atoms with Gasteiger partial charge in [0.15, 0.2) is 0 Å². The second-order valence-electron chi connectivity index (χ2n) is 5.47. The fourth-order valence-electron chi connectivity index (χ4n) is 2.36. The molecule has 0 radical (unpaired) electrons. The first-order chi connectivity index (χ1) is 11.7. The van der Waals surface area contributed by atoms with Gasteiger partial charge in [0.25, 0.3) is 0 Å². The number of allylic oxidation sites excluding steroid dienone is 7. The molecular weight excluding hydrogens is 288 g/mol. The van der Waals surface area contributed by atoms with E-state index in [9.17, 15) is 0 Å². The molecule has 0 aliphatic heterocycles. The molecule has 1 aromatic rings. The van der Waals surface area contributed by atoms with Crippen LogP contribution in [0.2, 0.25) is 0 Å². The van der Waals surface area contributed by atoms with Gasteiger partial charge in [-0.05, 0) is 59.5 Å². The Morgan fingerprint density at radius 1 is 1.04 bits per heavy atom. The Morgan fingerprint density at radius 2 is 1.71 bits per heavy atom. The third-order valence-electron chi connectivity index (χ3n) is 3.96. The van der Waals surface area contributed by atoms with Crippen molar-refractivity contribution in [2.75, 3.05) is 0 Å². The lowest BCUT2D eigenvalue weighted by atomic mass is 10.0. The second-order valence-corrected chi connectivity index (χ2v) is 5.47. The van der Waals surface area contributed by atoms with Gasteiger partial charge in [-0.3, -0.25) is 0 Å². The van der Waals surface area contributed by atoms with E-state index in [-0.39, 0.29) is 0 Å². The fraction of sp³-hybridized carbons (Fsp3) is 0.250. The van der Waals surface area contributed by atoms with Gasteiger partial charge < -0.3 is 0 Å². The minimum absolute atomic E-state index is 1.05. The predicted octanol–water partition coefficient (Wildman–Crippen LogP) is 5.80. The van der Waals surface area contributed by atoms with E-state index < -0.39 is 0 Å². The summed E-state index contributed by atoms with van der Waals surface area (Å²) in [6.45, 7) is 14.3. The van der Waals surface area contributed by atoms with E-state index in [0.717, 1.165) is 6.42 Å². The lowest BCUT2D eigenvalue weighted by Crippen LogP contribution is -2.25. The van der Waals surface area contributed by atoms with Crippen molar-refractivity contribution in [2.45, 2.75) is 41.0 Å². The maximum absolute atomic E-state index is 3.96. The Morgan fingerprint density at radius 3 is 2.33 bits per heavy atom. The maximum atomic E-state index is 3.96. The molecule has 0 heteroatoms. The lowest BCUT2D eigenvalue weighted by Gasteiger charge is -2.04. The molecule has 0 nitrogen and oxygen atoms in total. The van der Waals surface area contributed by atoms with Crippen LogP contribution < -0.4 is 10.4 Å². The molecule has 1 aliphatic rings. The van der Waals surface area contributed by atoms with Crippen LogP contribution in [-0.4, -0.2) is 0 Å². The van der Waals surface area contributed by atoms with Crippen LogP contribution in [0, 0.1) is 0 Å². The van der Waals surface area contributed by atoms with E-state index in [4.69, 9.17) is 0 Å². The molecule has 0 saturated heterocycles. The summed E-state index contributed by atoms with van der Waals surface area (Å²) in [7, 11) is 0. The van der Waals surface area contributed by atoms with Crippen LogP contribution in [0.25, 0.3) is 24.3 Å². The largest absolute Gasteiger partial charge is 0.0984 e. The molecule has 0 aromatic heterocycles. The molecule has 0 amide bonds. The van der Waals surface area contributed by atoms with Crippen molar-refractivity contribution in [1.82, 2.24) is 0 Å².